The standard InChI is InChI=1S/C54H35NO/c1-2-14-36(15-3-1)44-25-11-17-38-18-12-27-50(54(38)44)47-22-6-8-28-51(47)55(41-31-33-49-48-23-7-9-29-52(48)56-53(49)35-41)40-20-10-19-39(34-40)43-24-13-26-45-42-21-5-4-16-37(42)30-32-46(43)45/h1-35H. The number of rotatable bonds is 6. The summed E-state index contributed by atoms with van der Waals surface area (Å²) in [4.78, 5) is 2.40. The molecule has 0 aliphatic rings. The van der Waals surface area contributed by atoms with Crippen molar-refractivity contribution in [1.29, 1.82) is 0 Å². The van der Waals surface area contributed by atoms with Gasteiger partial charge in [0.1, 0.15) is 11.2 Å². The first kappa shape index (κ1) is 32.0. The number of nitrogens with zero attached hydrogens (tertiary/aromatic N) is 1. The summed E-state index contributed by atoms with van der Waals surface area (Å²) in [5, 5.41) is 9.68. The smallest absolute Gasteiger partial charge is 0.137 e. The van der Waals surface area contributed by atoms with Crippen LogP contribution in [-0.2, 0) is 0 Å². The summed E-state index contributed by atoms with van der Waals surface area (Å²) in [5.41, 5.74) is 12.0. The monoisotopic (exact) mass is 713 g/mol. The number of hydrogen-bond acceptors (Lipinski definition) is 2. The van der Waals surface area contributed by atoms with Gasteiger partial charge in [-0.25, -0.2) is 0 Å². The molecule has 11 aromatic rings. The van der Waals surface area contributed by atoms with Crippen LogP contribution in [-0.4, -0.2) is 0 Å². The summed E-state index contributed by atoms with van der Waals surface area (Å²) in [6.45, 7) is 0. The summed E-state index contributed by atoms with van der Waals surface area (Å²) in [5.74, 6) is 0. The van der Waals surface area contributed by atoms with Crippen LogP contribution < -0.4 is 4.90 Å². The number of anilines is 3. The molecule has 0 saturated carbocycles. The SMILES string of the molecule is c1ccc(-c2cccc3cccc(-c4ccccc4N(c4cccc(-c5cccc6c5ccc5ccccc56)c4)c4ccc5c(c4)oc4ccccc45)c23)cc1. The first-order valence-electron chi connectivity index (χ1n) is 19.2. The largest absolute Gasteiger partial charge is 0.456 e. The van der Waals surface area contributed by atoms with Crippen LogP contribution in [0, 0.1) is 0 Å². The molecule has 0 amide bonds. The van der Waals surface area contributed by atoms with Crippen molar-refractivity contribution in [3.05, 3.63) is 212 Å². The second-order valence-electron chi connectivity index (χ2n) is 14.4. The molecule has 0 atom stereocenters. The topological polar surface area (TPSA) is 16.4 Å². The van der Waals surface area contributed by atoms with Crippen molar-refractivity contribution < 1.29 is 4.42 Å². The molecule has 0 N–H and O–H groups in total. The molecule has 2 heteroatoms. The maximum absolute atomic E-state index is 6.50. The summed E-state index contributed by atoms with van der Waals surface area (Å²) in [6, 6.07) is 76.6. The van der Waals surface area contributed by atoms with E-state index in [1.54, 1.807) is 0 Å². The van der Waals surface area contributed by atoms with Gasteiger partial charge in [0, 0.05) is 33.8 Å². The van der Waals surface area contributed by atoms with Gasteiger partial charge >= 0.3 is 0 Å². The first-order chi connectivity index (χ1) is 27.8. The quantitative estimate of drug-likeness (QED) is 0.160. The van der Waals surface area contributed by atoms with Gasteiger partial charge in [-0.05, 0) is 96.5 Å². The lowest BCUT2D eigenvalue weighted by Crippen LogP contribution is -2.11. The maximum atomic E-state index is 6.50. The molecule has 0 radical (unpaired) electrons. The van der Waals surface area contributed by atoms with Crippen LogP contribution in [0.25, 0.3) is 87.6 Å². The minimum atomic E-state index is 0.861. The Labute approximate surface area is 325 Å². The molecule has 0 unspecified atom stereocenters. The fourth-order valence-corrected chi connectivity index (χ4v) is 8.71. The molecule has 11 rings (SSSR count). The lowest BCUT2D eigenvalue weighted by Gasteiger charge is -2.29. The van der Waals surface area contributed by atoms with Gasteiger partial charge in [-0.15, -0.1) is 0 Å². The highest BCUT2D eigenvalue weighted by molar-refractivity contribution is 6.13. The zero-order valence-corrected chi connectivity index (χ0v) is 30.6. The highest BCUT2D eigenvalue weighted by Crippen LogP contribution is 2.46. The maximum Gasteiger partial charge on any atom is 0.137 e. The normalized spacial score (nSPS) is 11.6. The van der Waals surface area contributed by atoms with Gasteiger partial charge in [0.25, 0.3) is 0 Å². The van der Waals surface area contributed by atoms with E-state index in [9.17, 15) is 0 Å². The first-order valence-corrected chi connectivity index (χ1v) is 19.2. The Bertz CT molecular complexity index is 3260. The van der Waals surface area contributed by atoms with Gasteiger partial charge in [-0.1, -0.05) is 170 Å². The molecule has 0 bridgehead atoms. The molecule has 0 aliphatic carbocycles. The van der Waals surface area contributed by atoms with Gasteiger partial charge in [0.05, 0.1) is 5.69 Å². The molecule has 1 heterocycles. The van der Waals surface area contributed by atoms with Crippen molar-refractivity contribution in [3.8, 4) is 33.4 Å². The molecule has 262 valence electrons. The highest BCUT2D eigenvalue weighted by atomic mass is 16.3. The second-order valence-corrected chi connectivity index (χ2v) is 14.4. The molecule has 10 aromatic carbocycles. The number of furan rings is 1. The molecular weight excluding hydrogens is 679 g/mol. The van der Waals surface area contributed by atoms with Crippen LogP contribution in [0.5, 0.6) is 0 Å². The van der Waals surface area contributed by atoms with Gasteiger partial charge in [-0.2, -0.15) is 0 Å². The Morgan fingerprint density at radius 1 is 0.304 bits per heavy atom. The van der Waals surface area contributed by atoms with Crippen LogP contribution in [0.1, 0.15) is 0 Å². The fraction of sp³-hybridized carbons (Fsp3) is 0. The van der Waals surface area contributed by atoms with Crippen molar-refractivity contribution in [2.75, 3.05) is 4.90 Å². The zero-order valence-electron chi connectivity index (χ0n) is 30.6. The Morgan fingerprint density at radius 2 is 0.911 bits per heavy atom. The lowest BCUT2D eigenvalue weighted by molar-refractivity contribution is 0.669. The highest BCUT2D eigenvalue weighted by Gasteiger charge is 2.21. The fourth-order valence-electron chi connectivity index (χ4n) is 8.71. The Morgan fingerprint density at radius 3 is 1.82 bits per heavy atom. The van der Waals surface area contributed by atoms with E-state index in [1.807, 2.05) is 12.1 Å². The minimum Gasteiger partial charge on any atom is -0.456 e. The zero-order chi connectivity index (χ0) is 37.0. The minimum absolute atomic E-state index is 0.861. The Kier molecular flexibility index (Phi) is 7.53. The third kappa shape index (κ3) is 5.26. The van der Waals surface area contributed by atoms with Crippen LogP contribution in [0.4, 0.5) is 17.1 Å². The summed E-state index contributed by atoms with van der Waals surface area (Å²) < 4.78 is 6.50. The number of hydrogen-bond donors (Lipinski definition) is 0. The van der Waals surface area contributed by atoms with Gasteiger partial charge < -0.3 is 9.32 Å². The molecule has 56 heavy (non-hydrogen) atoms. The van der Waals surface area contributed by atoms with Crippen molar-refractivity contribution >= 4 is 71.3 Å². The molecule has 0 saturated heterocycles. The van der Waals surface area contributed by atoms with E-state index in [4.69, 9.17) is 4.42 Å². The second kappa shape index (κ2) is 13.2. The molecule has 0 spiro atoms. The lowest BCUT2D eigenvalue weighted by atomic mass is 9.90. The number of para-hydroxylation sites is 2. The van der Waals surface area contributed by atoms with Gasteiger partial charge in [0.2, 0.25) is 0 Å². The summed E-state index contributed by atoms with van der Waals surface area (Å²) in [7, 11) is 0. The predicted molar refractivity (Wildman–Crippen MR) is 237 cm³/mol. The predicted octanol–water partition coefficient (Wildman–Crippen LogP) is 15.5. The molecular formula is C54H35NO. The van der Waals surface area contributed by atoms with E-state index in [0.717, 1.165) is 50.1 Å². The van der Waals surface area contributed by atoms with Gasteiger partial charge in [-0.3, -0.25) is 0 Å². The Balaban J connectivity index is 1.15. The van der Waals surface area contributed by atoms with Crippen LogP contribution in [0.3, 0.4) is 0 Å². The van der Waals surface area contributed by atoms with Crippen LogP contribution >= 0.6 is 0 Å². The molecule has 1 aromatic heterocycles. The summed E-state index contributed by atoms with van der Waals surface area (Å²) in [6.07, 6.45) is 0. The van der Waals surface area contributed by atoms with Crippen molar-refractivity contribution in [3.63, 3.8) is 0 Å². The average Bonchev–Trinajstić information content (AvgIpc) is 3.64. The third-order valence-corrected chi connectivity index (χ3v) is 11.2. The van der Waals surface area contributed by atoms with Crippen molar-refractivity contribution in [2.24, 2.45) is 0 Å². The molecule has 2 nitrogen and oxygen atoms in total. The average molecular weight is 714 g/mol. The Hall–Kier alpha value is -7.42. The molecule has 0 aliphatic heterocycles. The van der Waals surface area contributed by atoms with E-state index in [2.05, 4.69) is 205 Å². The van der Waals surface area contributed by atoms with Crippen molar-refractivity contribution in [2.45, 2.75) is 0 Å². The molecule has 0 fully saturated rings. The third-order valence-electron chi connectivity index (χ3n) is 11.2. The van der Waals surface area contributed by atoms with Crippen molar-refractivity contribution in [1.82, 2.24) is 0 Å². The number of benzene rings is 10. The van der Waals surface area contributed by atoms with E-state index >= 15 is 0 Å². The van der Waals surface area contributed by atoms with E-state index in [-0.39, 0.29) is 0 Å². The van der Waals surface area contributed by atoms with E-state index in [1.165, 1.54) is 54.6 Å². The van der Waals surface area contributed by atoms with Crippen LogP contribution in [0.15, 0.2) is 217 Å². The van der Waals surface area contributed by atoms with E-state index in [0.29, 0.717) is 0 Å². The summed E-state index contributed by atoms with van der Waals surface area (Å²) >= 11 is 0. The van der Waals surface area contributed by atoms with E-state index < -0.39 is 0 Å². The van der Waals surface area contributed by atoms with Gasteiger partial charge in [0.15, 0.2) is 0 Å². The number of fused-ring (bicyclic) bond motifs is 7. The van der Waals surface area contributed by atoms with Crippen LogP contribution in [0.2, 0.25) is 0 Å².